The van der Waals surface area contributed by atoms with Gasteiger partial charge >= 0.3 is 0 Å². The first-order valence-electron chi connectivity index (χ1n) is 8.72. The van der Waals surface area contributed by atoms with E-state index in [9.17, 15) is 5.26 Å². The Bertz CT molecular complexity index is 1110. The molecular formula is C22H18Cl2N2O3. The van der Waals surface area contributed by atoms with Crippen LogP contribution in [0.5, 0.6) is 11.5 Å². The third kappa shape index (κ3) is 4.73. The number of rotatable bonds is 6. The van der Waals surface area contributed by atoms with E-state index < -0.39 is 0 Å². The van der Waals surface area contributed by atoms with E-state index in [1.165, 1.54) is 0 Å². The Balaban J connectivity index is 1.78. The van der Waals surface area contributed by atoms with Crippen molar-refractivity contribution in [1.82, 2.24) is 0 Å². The lowest BCUT2D eigenvalue weighted by atomic mass is 10.2. The maximum Gasteiger partial charge on any atom is 0.237 e. The summed E-state index contributed by atoms with van der Waals surface area (Å²) < 4.78 is 16.8. The van der Waals surface area contributed by atoms with Gasteiger partial charge in [-0.3, -0.25) is 0 Å². The molecule has 29 heavy (non-hydrogen) atoms. The number of aryl methyl sites for hydroxylation is 1. The van der Waals surface area contributed by atoms with Crippen LogP contribution >= 0.6 is 23.2 Å². The summed E-state index contributed by atoms with van der Waals surface area (Å²) in [7, 11) is 1.56. The van der Waals surface area contributed by atoms with E-state index in [2.05, 4.69) is 11.1 Å². The summed E-state index contributed by atoms with van der Waals surface area (Å²) in [4.78, 5) is 4.31. The molecule has 0 saturated carbocycles. The molecule has 1 heterocycles. The van der Waals surface area contributed by atoms with Crippen molar-refractivity contribution in [3.8, 4) is 17.6 Å². The van der Waals surface area contributed by atoms with Crippen LogP contribution in [-0.2, 0) is 6.61 Å². The largest absolute Gasteiger partial charge is 0.493 e. The van der Waals surface area contributed by atoms with Gasteiger partial charge in [-0.25, -0.2) is 4.99 Å². The van der Waals surface area contributed by atoms with Gasteiger partial charge in [-0.15, -0.1) is 0 Å². The Morgan fingerprint density at radius 3 is 2.62 bits per heavy atom. The topological polar surface area (TPSA) is 67.8 Å². The number of halogens is 2. The van der Waals surface area contributed by atoms with E-state index in [1.54, 1.807) is 44.5 Å². The maximum absolute atomic E-state index is 9.28. The monoisotopic (exact) mass is 428 g/mol. The number of hydrogen-bond acceptors (Lipinski definition) is 5. The van der Waals surface area contributed by atoms with Crippen molar-refractivity contribution < 1.29 is 13.9 Å². The smallest absolute Gasteiger partial charge is 0.237 e. The first kappa shape index (κ1) is 20.8. The molecule has 0 amide bonds. The van der Waals surface area contributed by atoms with Crippen LogP contribution in [0.15, 0.2) is 45.8 Å². The average molecular weight is 429 g/mol. The summed E-state index contributed by atoms with van der Waals surface area (Å²) in [6.45, 7) is 3.91. The van der Waals surface area contributed by atoms with Crippen molar-refractivity contribution in [3.63, 3.8) is 0 Å². The standard InChI is InChI=1S/C22H18Cl2N2O3/c1-13-14(2)29-22(18(13)10-25)26-11-15-4-7-20(21(8-15)27-3)28-12-16-5-6-17(23)9-19(16)24/h4-9,11H,12H2,1-3H3. The van der Waals surface area contributed by atoms with E-state index in [4.69, 9.17) is 37.1 Å². The quantitative estimate of drug-likeness (QED) is 0.425. The van der Waals surface area contributed by atoms with Gasteiger partial charge in [0.25, 0.3) is 0 Å². The van der Waals surface area contributed by atoms with Gasteiger partial charge in [-0.05, 0) is 49.7 Å². The van der Waals surface area contributed by atoms with Crippen LogP contribution in [0.3, 0.4) is 0 Å². The van der Waals surface area contributed by atoms with E-state index in [0.29, 0.717) is 38.8 Å². The summed E-state index contributed by atoms with van der Waals surface area (Å²) in [6, 6.07) is 12.8. The number of nitriles is 1. The normalized spacial score (nSPS) is 10.9. The van der Waals surface area contributed by atoms with E-state index in [1.807, 2.05) is 19.1 Å². The van der Waals surface area contributed by atoms with Gasteiger partial charge in [0.15, 0.2) is 11.5 Å². The lowest BCUT2D eigenvalue weighted by Crippen LogP contribution is -1.99. The molecule has 0 aliphatic carbocycles. The molecule has 0 bridgehead atoms. The van der Waals surface area contributed by atoms with Gasteiger partial charge in [0.1, 0.15) is 24.0 Å². The fourth-order valence-electron chi connectivity index (χ4n) is 2.64. The van der Waals surface area contributed by atoms with Crippen LogP contribution in [0.25, 0.3) is 0 Å². The molecule has 0 atom stereocenters. The fraction of sp³-hybridized carbons (Fsp3) is 0.182. The molecule has 0 aliphatic heterocycles. The molecule has 0 radical (unpaired) electrons. The molecule has 5 nitrogen and oxygen atoms in total. The van der Waals surface area contributed by atoms with Crippen molar-refractivity contribution in [2.24, 2.45) is 4.99 Å². The zero-order chi connectivity index (χ0) is 21.0. The minimum Gasteiger partial charge on any atom is -0.493 e. The highest BCUT2D eigenvalue weighted by atomic mass is 35.5. The number of benzene rings is 2. The number of methoxy groups -OCH3 is 1. The molecule has 0 aliphatic rings. The van der Waals surface area contributed by atoms with Gasteiger partial charge in [0, 0.05) is 27.4 Å². The Kier molecular flexibility index (Phi) is 6.48. The molecule has 7 heteroatoms. The first-order chi connectivity index (χ1) is 13.9. The Hall–Kier alpha value is -2.94. The molecule has 1 aromatic heterocycles. The van der Waals surface area contributed by atoms with Crippen molar-refractivity contribution in [2.75, 3.05) is 7.11 Å². The molecule has 3 aromatic rings. The summed E-state index contributed by atoms with van der Waals surface area (Å²) in [5.74, 6) is 2.08. The van der Waals surface area contributed by atoms with Crippen molar-refractivity contribution in [3.05, 3.63) is 74.5 Å². The van der Waals surface area contributed by atoms with Gasteiger partial charge in [-0.2, -0.15) is 5.26 Å². The summed E-state index contributed by atoms with van der Waals surface area (Å²) in [6.07, 6.45) is 1.61. The molecule has 0 spiro atoms. The zero-order valence-corrected chi connectivity index (χ0v) is 17.6. The molecule has 148 valence electrons. The van der Waals surface area contributed by atoms with Gasteiger partial charge in [0.2, 0.25) is 5.88 Å². The minimum absolute atomic E-state index is 0.274. The van der Waals surface area contributed by atoms with Gasteiger partial charge in [0.05, 0.1) is 7.11 Å². The zero-order valence-electron chi connectivity index (χ0n) is 16.1. The Morgan fingerprint density at radius 2 is 1.93 bits per heavy atom. The molecular weight excluding hydrogens is 411 g/mol. The number of hydrogen-bond donors (Lipinski definition) is 0. The van der Waals surface area contributed by atoms with Crippen molar-refractivity contribution in [1.29, 1.82) is 5.26 Å². The fourth-order valence-corrected chi connectivity index (χ4v) is 3.11. The lowest BCUT2D eigenvalue weighted by molar-refractivity contribution is 0.284. The Morgan fingerprint density at radius 1 is 1.14 bits per heavy atom. The highest BCUT2D eigenvalue weighted by Gasteiger charge is 2.13. The molecule has 0 unspecified atom stereocenters. The summed E-state index contributed by atoms with van der Waals surface area (Å²) in [5.41, 5.74) is 2.82. The second-order valence-electron chi connectivity index (χ2n) is 6.27. The predicted octanol–water partition coefficient (Wildman–Crippen LogP) is 6.41. The number of ether oxygens (including phenoxy) is 2. The lowest BCUT2D eigenvalue weighted by Gasteiger charge is -2.12. The number of aliphatic imine (C=N–C) groups is 1. The average Bonchev–Trinajstić information content (AvgIpc) is 2.99. The predicted molar refractivity (Wildman–Crippen MR) is 114 cm³/mol. The molecule has 0 fully saturated rings. The molecule has 2 aromatic carbocycles. The van der Waals surface area contributed by atoms with E-state index in [0.717, 1.165) is 16.7 Å². The summed E-state index contributed by atoms with van der Waals surface area (Å²) in [5, 5.41) is 10.4. The van der Waals surface area contributed by atoms with Gasteiger partial charge in [-0.1, -0.05) is 29.3 Å². The highest BCUT2D eigenvalue weighted by Crippen LogP contribution is 2.31. The SMILES string of the molecule is COc1cc(C=Nc2oc(C)c(C)c2C#N)ccc1OCc1ccc(Cl)cc1Cl. The highest BCUT2D eigenvalue weighted by molar-refractivity contribution is 6.35. The third-order valence-corrected chi connectivity index (χ3v) is 4.98. The molecule has 0 N–H and O–H groups in total. The number of nitrogens with zero attached hydrogens (tertiary/aromatic N) is 2. The van der Waals surface area contributed by atoms with Crippen LogP contribution in [0.2, 0.25) is 10.0 Å². The van der Waals surface area contributed by atoms with E-state index >= 15 is 0 Å². The Labute approximate surface area is 179 Å². The maximum atomic E-state index is 9.28. The van der Waals surface area contributed by atoms with Crippen LogP contribution in [0.1, 0.15) is 28.0 Å². The van der Waals surface area contributed by atoms with Crippen LogP contribution in [-0.4, -0.2) is 13.3 Å². The second kappa shape index (κ2) is 9.04. The van der Waals surface area contributed by atoms with Crippen LogP contribution in [0.4, 0.5) is 5.88 Å². The summed E-state index contributed by atoms with van der Waals surface area (Å²) >= 11 is 12.1. The molecule has 3 rings (SSSR count). The third-order valence-electron chi connectivity index (χ3n) is 4.40. The first-order valence-corrected chi connectivity index (χ1v) is 9.47. The second-order valence-corrected chi connectivity index (χ2v) is 7.11. The number of furan rings is 1. The van der Waals surface area contributed by atoms with Crippen molar-refractivity contribution >= 4 is 35.3 Å². The minimum atomic E-state index is 0.274. The molecule has 0 saturated heterocycles. The van der Waals surface area contributed by atoms with E-state index in [-0.39, 0.29) is 6.61 Å². The van der Waals surface area contributed by atoms with Gasteiger partial charge < -0.3 is 13.9 Å². The van der Waals surface area contributed by atoms with Crippen LogP contribution in [0, 0.1) is 25.2 Å². The van der Waals surface area contributed by atoms with Crippen molar-refractivity contribution in [2.45, 2.75) is 20.5 Å². The van der Waals surface area contributed by atoms with Crippen LogP contribution < -0.4 is 9.47 Å².